The van der Waals surface area contributed by atoms with Crippen molar-refractivity contribution in [2.24, 2.45) is 5.92 Å². The van der Waals surface area contributed by atoms with Crippen LogP contribution in [0.5, 0.6) is 11.5 Å². The second kappa shape index (κ2) is 4.57. The molecule has 1 fully saturated rings. The van der Waals surface area contributed by atoms with E-state index in [0.29, 0.717) is 12.8 Å². The summed E-state index contributed by atoms with van der Waals surface area (Å²) in [7, 11) is 0. The van der Waals surface area contributed by atoms with Crippen LogP contribution in [0.3, 0.4) is 0 Å². The monoisotopic (exact) mass is 233 g/mol. The van der Waals surface area contributed by atoms with Gasteiger partial charge in [0.2, 0.25) is 6.79 Å². The van der Waals surface area contributed by atoms with Crippen molar-refractivity contribution in [3.63, 3.8) is 0 Å². The molecule has 0 radical (unpaired) electrons. The van der Waals surface area contributed by atoms with E-state index in [4.69, 9.17) is 9.47 Å². The molecule has 0 saturated heterocycles. The van der Waals surface area contributed by atoms with Crippen LogP contribution < -0.4 is 14.8 Å². The average Bonchev–Trinajstić information content (AvgIpc) is 2.94. The zero-order valence-electron chi connectivity index (χ0n) is 10.2. The van der Waals surface area contributed by atoms with Crippen LogP contribution in [0.1, 0.15) is 31.7 Å². The lowest BCUT2D eigenvalue weighted by molar-refractivity contribution is 0.174. The van der Waals surface area contributed by atoms with Crippen molar-refractivity contribution in [2.75, 3.05) is 6.79 Å². The van der Waals surface area contributed by atoms with E-state index in [1.54, 1.807) is 0 Å². The normalized spacial score (nSPS) is 26.4. The van der Waals surface area contributed by atoms with Gasteiger partial charge in [-0.15, -0.1) is 0 Å². The first-order valence-electron chi connectivity index (χ1n) is 6.43. The number of nitrogens with one attached hydrogen (secondary N) is 1. The van der Waals surface area contributed by atoms with Crippen molar-refractivity contribution in [2.45, 2.75) is 38.8 Å². The molecule has 1 aliphatic heterocycles. The highest BCUT2D eigenvalue weighted by atomic mass is 16.7. The number of hydrogen-bond donors (Lipinski definition) is 1. The highest BCUT2D eigenvalue weighted by Crippen LogP contribution is 2.32. The molecule has 0 aromatic heterocycles. The molecule has 0 unspecified atom stereocenters. The van der Waals surface area contributed by atoms with Gasteiger partial charge in [-0.1, -0.05) is 13.0 Å². The van der Waals surface area contributed by atoms with Crippen molar-refractivity contribution in [3.05, 3.63) is 23.8 Å². The topological polar surface area (TPSA) is 30.5 Å². The van der Waals surface area contributed by atoms with Gasteiger partial charge in [0.1, 0.15) is 0 Å². The minimum absolute atomic E-state index is 0.354. The Balaban J connectivity index is 1.58. The molecule has 1 heterocycles. The number of hydrogen-bond acceptors (Lipinski definition) is 3. The summed E-state index contributed by atoms with van der Waals surface area (Å²) in [4.78, 5) is 0. The molecule has 0 bridgehead atoms. The van der Waals surface area contributed by atoms with Crippen molar-refractivity contribution in [1.29, 1.82) is 0 Å². The van der Waals surface area contributed by atoms with Gasteiger partial charge in [0.15, 0.2) is 11.5 Å². The lowest BCUT2D eigenvalue weighted by atomic mass is 10.1. The molecule has 1 aliphatic carbocycles. The Morgan fingerprint density at radius 3 is 2.94 bits per heavy atom. The number of fused-ring (bicyclic) bond motifs is 1. The molecule has 0 spiro atoms. The van der Waals surface area contributed by atoms with Crippen LogP contribution in [-0.4, -0.2) is 12.8 Å². The quantitative estimate of drug-likeness (QED) is 0.870. The third kappa shape index (κ3) is 2.39. The summed E-state index contributed by atoms with van der Waals surface area (Å²) in [5.41, 5.74) is 1.27. The van der Waals surface area contributed by atoms with E-state index in [2.05, 4.69) is 24.4 Å². The minimum Gasteiger partial charge on any atom is -0.454 e. The zero-order chi connectivity index (χ0) is 11.7. The van der Waals surface area contributed by atoms with Gasteiger partial charge in [0, 0.05) is 12.6 Å². The first-order valence-corrected chi connectivity index (χ1v) is 6.43. The van der Waals surface area contributed by atoms with Crippen molar-refractivity contribution in [1.82, 2.24) is 5.32 Å². The summed E-state index contributed by atoms with van der Waals surface area (Å²) in [5.74, 6) is 2.62. The maximum absolute atomic E-state index is 5.38. The van der Waals surface area contributed by atoms with Crippen LogP contribution in [0.2, 0.25) is 0 Å². The van der Waals surface area contributed by atoms with E-state index in [1.165, 1.54) is 24.8 Å². The summed E-state index contributed by atoms with van der Waals surface area (Å²) >= 11 is 0. The molecule has 1 N–H and O–H groups in total. The maximum Gasteiger partial charge on any atom is 0.231 e. The van der Waals surface area contributed by atoms with E-state index >= 15 is 0 Å². The lowest BCUT2D eigenvalue weighted by Gasteiger charge is -2.12. The molecule has 3 rings (SSSR count). The molecule has 1 aromatic carbocycles. The molecule has 17 heavy (non-hydrogen) atoms. The summed E-state index contributed by atoms with van der Waals surface area (Å²) < 4.78 is 10.7. The van der Waals surface area contributed by atoms with Gasteiger partial charge >= 0.3 is 0 Å². The summed E-state index contributed by atoms with van der Waals surface area (Å²) in [5, 5.41) is 3.62. The van der Waals surface area contributed by atoms with E-state index in [9.17, 15) is 0 Å². The number of rotatable bonds is 3. The fourth-order valence-electron chi connectivity index (χ4n) is 2.71. The van der Waals surface area contributed by atoms with Gasteiger partial charge in [-0.05, 0) is 42.9 Å². The first-order chi connectivity index (χ1) is 8.31. The molecule has 92 valence electrons. The Labute approximate surface area is 102 Å². The third-order valence-electron chi connectivity index (χ3n) is 3.73. The molecular formula is C14H19NO2. The molecule has 0 amide bonds. The molecular weight excluding hydrogens is 214 g/mol. The Morgan fingerprint density at radius 1 is 1.24 bits per heavy atom. The second-order valence-corrected chi connectivity index (χ2v) is 5.18. The Hall–Kier alpha value is -1.22. The van der Waals surface area contributed by atoms with Crippen LogP contribution in [0.15, 0.2) is 18.2 Å². The largest absolute Gasteiger partial charge is 0.454 e. The fraction of sp³-hybridized carbons (Fsp3) is 0.571. The van der Waals surface area contributed by atoms with Gasteiger partial charge in [-0.25, -0.2) is 0 Å². The van der Waals surface area contributed by atoms with Crippen molar-refractivity contribution in [3.8, 4) is 11.5 Å². The highest BCUT2D eigenvalue weighted by Gasteiger charge is 2.20. The molecule has 1 saturated carbocycles. The van der Waals surface area contributed by atoms with Gasteiger partial charge in [0.25, 0.3) is 0 Å². The smallest absolute Gasteiger partial charge is 0.231 e. The van der Waals surface area contributed by atoms with Crippen molar-refractivity contribution < 1.29 is 9.47 Å². The van der Waals surface area contributed by atoms with Crippen LogP contribution in [0.25, 0.3) is 0 Å². The Bertz CT molecular complexity index is 405. The van der Waals surface area contributed by atoms with Gasteiger partial charge < -0.3 is 14.8 Å². The maximum atomic E-state index is 5.38. The molecule has 2 aliphatic rings. The standard InChI is InChI=1S/C14H19NO2/c1-10-2-4-12(6-10)15-8-11-3-5-13-14(7-11)17-9-16-13/h3,5,7,10,12,15H,2,4,6,8-9H2,1H3/t10-,12-/m0/s1. The molecule has 3 heteroatoms. The summed E-state index contributed by atoms with van der Waals surface area (Å²) in [6, 6.07) is 6.87. The number of benzene rings is 1. The molecule has 3 nitrogen and oxygen atoms in total. The van der Waals surface area contributed by atoms with Gasteiger partial charge in [-0.2, -0.15) is 0 Å². The van der Waals surface area contributed by atoms with Crippen LogP contribution in [0.4, 0.5) is 0 Å². The van der Waals surface area contributed by atoms with E-state index in [1.807, 2.05) is 6.07 Å². The second-order valence-electron chi connectivity index (χ2n) is 5.18. The average molecular weight is 233 g/mol. The van der Waals surface area contributed by atoms with Crippen LogP contribution >= 0.6 is 0 Å². The van der Waals surface area contributed by atoms with E-state index < -0.39 is 0 Å². The zero-order valence-corrected chi connectivity index (χ0v) is 10.2. The first kappa shape index (κ1) is 10.9. The van der Waals surface area contributed by atoms with Gasteiger partial charge in [-0.3, -0.25) is 0 Å². The van der Waals surface area contributed by atoms with E-state index in [-0.39, 0.29) is 0 Å². The summed E-state index contributed by atoms with van der Waals surface area (Å²) in [6.45, 7) is 3.61. The van der Waals surface area contributed by atoms with Gasteiger partial charge in [0.05, 0.1) is 0 Å². The Morgan fingerprint density at radius 2 is 2.12 bits per heavy atom. The predicted molar refractivity (Wildman–Crippen MR) is 66.2 cm³/mol. The van der Waals surface area contributed by atoms with Crippen LogP contribution in [-0.2, 0) is 6.54 Å². The van der Waals surface area contributed by atoms with Crippen LogP contribution in [0, 0.1) is 5.92 Å². The SMILES string of the molecule is C[C@H]1CC[C@H](NCc2ccc3c(c2)OCO3)C1. The predicted octanol–water partition coefficient (Wildman–Crippen LogP) is 2.69. The fourth-order valence-corrected chi connectivity index (χ4v) is 2.71. The molecule has 1 aromatic rings. The molecule has 2 atom stereocenters. The highest BCUT2D eigenvalue weighted by molar-refractivity contribution is 5.44. The third-order valence-corrected chi connectivity index (χ3v) is 3.73. The van der Waals surface area contributed by atoms with E-state index in [0.717, 1.165) is 24.0 Å². The lowest BCUT2D eigenvalue weighted by Crippen LogP contribution is -2.25. The summed E-state index contributed by atoms with van der Waals surface area (Å²) in [6.07, 6.45) is 3.98. The minimum atomic E-state index is 0.354. The Kier molecular flexibility index (Phi) is 2.93. The number of ether oxygens (including phenoxy) is 2. The van der Waals surface area contributed by atoms with Crippen molar-refractivity contribution >= 4 is 0 Å².